The fourth-order valence-corrected chi connectivity index (χ4v) is 2.52. The molecule has 2 nitrogen and oxygen atoms in total. The highest BCUT2D eigenvalue weighted by atomic mass is 19.1. The molecule has 102 valence electrons. The summed E-state index contributed by atoms with van der Waals surface area (Å²) in [6.45, 7) is 2.03. The van der Waals surface area contributed by atoms with Crippen LogP contribution in [0.4, 0.5) is 4.39 Å². The number of hydrogen-bond acceptors (Lipinski definition) is 2. The summed E-state index contributed by atoms with van der Waals surface area (Å²) >= 11 is 0. The van der Waals surface area contributed by atoms with Gasteiger partial charge >= 0.3 is 0 Å². The van der Waals surface area contributed by atoms with Crippen molar-refractivity contribution >= 4 is 5.78 Å². The zero-order chi connectivity index (χ0) is 13.2. The lowest BCUT2D eigenvalue weighted by atomic mass is 10.1. The van der Waals surface area contributed by atoms with Crippen LogP contribution in [-0.4, -0.2) is 29.8 Å². The molecule has 1 aromatic rings. The lowest BCUT2D eigenvalue weighted by Crippen LogP contribution is -2.30. The van der Waals surface area contributed by atoms with E-state index in [-0.39, 0.29) is 11.6 Å². The second-order valence-electron chi connectivity index (χ2n) is 5.85. The second kappa shape index (κ2) is 5.41. The molecular weight excluding hydrogens is 241 g/mol. The Labute approximate surface area is 113 Å². The van der Waals surface area contributed by atoms with Gasteiger partial charge in [-0.15, -0.1) is 0 Å². The predicted octanol–water partition coefficient (Wildman–Crippen LogP) is 3.27. The normalized spacial score (nSPS) is 18.8. The smallest absolute Gasteiger partial charge is 0.164 e. The quantitative estimate of drug-likeness (QED) is 0.702. The van der Waals surface area contributed by atoms with Gasteiger partial charge in [-0.2, -0.15) is 0 Å². The number of benzene rings is 1. The van der Waals surface area contributed by atoms with Crippen LogP contribution in [0, 0.1) is 11.7 Å². The van der Waals surface area contributed by atoms with Crippen LogP contribution in [0.2, 0.25) is 0 Å². The first-order valence-corrected chi connectivity index (χ1v) is 7.25. The molecular formula is C16H20FNO. The maximum Gasteiger partial charge on any atom is 0.164 e. The van der Waals surface area contributed by atoms with Crippen LogP contribution in [0.1, 0.15) is 42.5 Å². The monoisotopic (exact) mass is 261 g/mol. The third-order valence-electron chi connectivity index (χ3n) is 4.05. The van der Waals surface area contributed by atoms with Crippen LogP contribution >= 0.6 is 0 Å². The molecule has 0 heterocycles. The molecule has 1 aromatic carbocycles. The standard InChI is InChI=1S/C16H20FNO/c17-14-5-3-13(4-6-14)16(19)9-10-18(15-7-8-15)11-12-1-2-12/h3-6,12,15H,1-2,7-11H2. The van der Waals surface area contributed by atoms with Crippen molar-refractivity contribution in [1.29, 1.82) is 0 Å². The molecule has 0 unspecified atom stereocenters. The average molecular weight is 261 g/mol. The number of Topliss-reactive ketones (excluding diaryl/α,β-unsaturated/α-hetero) is 1. The first-order valence-electron chi connectivity index (χ1n) is 7.25. The van der Waals surface area contributed by atoms with Crippen molar-refractivity contribution in [1.82, 2.24) is 4.90 Å². The molecule has 19 heavy (non-hydrogen) atoms. The van der Waals surface area contributed by atoms with Gasteiger partial charge in [0.15, 0.2) is 5.78 Å². The lowest BCUT2D eigenvalue weighted by Gasteiger charge is -2.21. The van der Waals surface area contributed by atoms with Crippen molar-refractivity contribution < 1.29 is 9.18 Å². The SMILES string of the molecule is O=C(CCN(CC1CC1)C1CC1)c1ccc(F)cc1. The van der Waals surface area contributed by atoms with Gasteiger partial charge in [0.25, 0.3) is 0 Å². The summed E-state index contributed by atoms with van der Waals surface area (Å²) in [6.07, 6.45) is 5.84. The molecule has 0 atom stereocenters. The molecule has 0 amide bonds. The molecule has 2 aliphatic carbocycles. The van der Waals surface area contributed by atoms with Gasteiger partial charge in [0.1, 0.15) is 5.82 Å². The summed E-state index contributed by atoms with van der Waals surface area (Å²) in [6, 6.07) is 6.60. The van der Waals surface area contributed by atoms with E-state index in [1.165, 1.54) is 44.4 Å². The molecule has 2 saturated carbocycles. The zero-order valence-corrected chi connectivity index (χ0v) is 11.1. The molecule has 0 N–H and O–H groups in total. The van der Waals surface area contributed by atoms with Crippen molar-refractivity contribution in [2.24, 2.45) is 5.92 Å². The van der Waals surface area contributed by atoms with E-state index in [0.29, 0.717) is 12.0 Å². The summed E-state index contributed by atoms with van der Waals surface area (Å²) in [4.78, 5) is 14.5. The van der Waals surface area contributed by atoms with E-state index in [2.05, 4.69) is 4.90 Å². The van der Waals surface area contributed by atoms with Crippen molar-refractivity contribution in [3.63, 3.8) is 0 Å². The molecule has 0 bridgehead atoms. The molecule has 0 radical (unpaired) electrons. The Balaban J connectivity index is 1.52. The minimum Gasteiger partial charge on any atom is -0.300 e. The first-order chi connectivity index (χ1) is 9.22. The van der Waals surface area contributed by atoms with Crippen molar-refractivity contribution in [2.75, 3.05) is 13.1 Å². The molecule has 3 heteroatoms. The lowest BCUT2D eigenvalue weighted by molar-refractivity contribution is 0.0961. The van der Waals surface area contributed by atoms with E-state index in [4.69, 9.17) is 0 Å². The van der Waals surface area contributed by atoms with Crippen LogP contribution in [0.3, 0.4) is 0 Å². The van der Waals surface area contributed by atoms with Gasteiger partial charge in [0, 0.05) is 31.1 Å². The average Bonchev–Trinajstić information content (AvgIpc) is 3.27. The summed E-state index contributed by atoms with van der Waals surface area (Å²) in [7, 11) is 0. The molecule has 0 spiro atoms. The molecule has 3 rings (SSSR count). The van der Waals surface area contributed by atoms with E-state index in [0.717, 1.165) is 18.5 Å². The summed E-state index contributed by atoms with van der Waals surface area (Å²) < 4.78 is 12.8. The number of halogens is 1. The maximum absolute atomic E-state index is 12.8. The Hall–Kier alpha value is -1.22. The number of hydrogen-bond donors (Lipinski definition) is 0. The Bertz CT molecular complexity index is 448. The number of rotatable bonds is 7. The molecule has 0 saturated heterocycles. The van der Waals surface area contributed by atoms with Crippen LogP contribution in [-0.2, 0) is 0 Å². The van der Waals surface area contributed by atoms with Crippen molar-refractivity contribution in [3.8, 4) is 0 Å². The van der Waals surface area contributed by atoms with Crippen molar-refractivity contribution in [3.05, 3.63) is 35.6 Å². The Morgan fingerprint density at radius 2 is 1.84 bits per heavy atom. The van der Waals surface area contributed by atoms with E-state index in [1.807, 2.05) is 0 Å². The predicted molar refractivity (Wildman–Crippen MR) is 72.7 cm³/mol. The van der Waals surface area contributed by atoms with Gasteiger partial charge in [-0.1, -0.05) is 0 Å². The van der Waals surface area contributed by atoms with Crippen LogP contribution in [0.5, 0.6) is 0 Å². The third kappa shape index (κ3) is 3.63. The maximum atomic E-state index is 12.8. The molecule has 2 fully saturated rings. The number of nitrogens with zero attached hydrogens (tertiary/aromatic N) is 1. The van der Waals surface area contributed by atoms with Crippen molar-refractivity contribution in [2.45, 2.75) is 38.1 Å². The number of ketones is 1. The van der Waals surface area contributed by atoms with Crippen LogP contribution < -0.4 is 0 Å². The van der Waals surface area contributed by atoms with Gasteiger partial charge in [-0.05, 0) is 55.9 Å². The Kier molecular flexibility index (Phi) is 3.65. The van der Waals surface area contributed by atoms with Gasteiger partial charge in [-0.3, -0.25) is 9.69 Å². The van der Waals surface area contributed by atoms with E-state index < -0.39 is 0 Å². The second-order valence-corrected chi connectivity index (χ2v) is 5.85. The van der Waals surface area contributed by atoms with E-state index >= 15 is 0 Å². The Morgan fingerprint density at radius 1 is 1.16 bits per heavy atom. The highest BCUT2D eigenvalue weighted by molar-refractivity contribution is 5.96. The number of carbonyl (C=O) groups is 1. The summed E-state index contributed by atoms with van der Waals surface area (Å²) in [5, 5.41) is 0. The summed E-state index contributed by atoms with van der Waals surface area (Å²) in [5.41, 5.74) is 0.628. The highest BCUT2D eigenvalue weighted by Crippen LogP contribution is 2.34. The zero-order valence-electron chi connectivity index (χ0n) is 11.1. The molecule has 2 aliphatic rings. The number of carbonyl (C=O) groups excluding carboxylic acids is 1. The summed E-state index contributed by atoms with van der Waals surface area (Å²) in [5.74, 6) is 0.716. The highest BCUT2D eigenvalue weighted by Gasteiger charge is 2.33. The van der Waals surface area contributed by atoms with Crippen LogP contribution in [0.25, 0.3) is 0 Å². The molecule has 0 aliphatic heterocycles. The topological polar surface area (TPSA) is 20.3 Å². The van der Waals surface area contributed by atoms with Crippen LogP contribution in [0.15, 0.2) is 24.3 Å². The molecule has 0 aromatic heterocycles. The minimum absolute atomic E-state index is 0.126. The van der Waals surface area contributed by atoms with Gasteiger partial charge in [0.05, 0.1) is 0 Å². The minimum atomic E-state index is -0.287. The van der Waals surface area contributed by atoms with Gasteiger partial charge < -0.3 is 0 Å². The van der Waals surface area contributed by atoms with E-state index in [1.54, 1.807) is 12.1 Å². The first kappa shape index (κ1) is 12.8. The fourth-order valence-electron chi connectivity index (χ4n) is 2.52. The van der Waals surface area contributed by atoms with E-state index in [9.17, 15) is 9.18 Å². The van der Waals surface area contributed by atoms with Gasteiger partial charge in [-0.25, -0.2) is 4.39 Å². The largest absolute Gasteiger partial charge is 0.300 e. The fraction of sp³-hybridized carbons (Fsp3) is 0.562. The Morgan fingerprint density at radius 3 is 2.42 bits per heavy atom. The third-order valence-corrected chi connectivity index (χ3v) is 4.05. The van der Waals surface area contributed by atoms with Gasteiger partial charge in [0.2, 0.25) is 0 Å².